The summed E-state index contributed by atoms with van der Waals surface area (Å²) in [6, 6.07) is 17.1. The molecule has 2 N–H and O–H groups in total. The molecule has 0 bridgehead atoms. The summed E-state index contributed by atoms with van der Waals surface area (Å²) in [7, 11) is 1.63. The number of para-hydroxylation sites is 1. The van der Waals surface area contributed by atoms with Crippen molar-refractivity contribution in [3.8, 4) is 5.75 Å². The Morgan fingerprint density at radius 3 is 2.56 bits per heavy atom. The zero-order valence-electron chi connectivity index (χ0n) is 15.0. The third-order valence-electron chi connectivity index (χ3n) is 4.22. The van der Waals surface area contributed by atoms with Gasteiger partial charge in [-0.25, -0.2) is 4.99 Å². The molecule has 0 spiro atoms. The van der Waals surface area contributed by atoms with E-state index >= 15 is 0 Å². The topological polar surface area (TPSA) is 85.0 Å². The van der Waals surface area contributed by atoms with Crippen LogP contribution in [0.25, 0.3) is 0 Å². The Bertz CT molecular complexity index is 837. The lowest BCUT2D eigenvalue weighted by Gasteiger charge is -2.31. The lowest BCUT2D eigenvalue weighted by atomic mass is 10.1. The van der Waals surface area contributed by atoms with Crippen molar-refractivity contribution in [1.82, 2.24) is 4.90 Å². The highest BCUT2D eigenvalue weighted by Gasteiger charge is 2.34. The average Bonchev–Trinajstić information content (AvgIpc) is 2.68. The molecule has 1 aliphatic rings. The predicted molar refractivity (Wildman–Crippen MR) is 107 cm³/mol. The Morgan fingerprint density at radius 1 is 1.22 bits per heavy atom. The van der Waals surface area contributed by atoms with E-state index in [9.17, 15) is 9.59 Å². The molecule has 6 nitrogen and oxygen atoms in total. The normalized spacial score (nSPS) is 18.6. The second-order valence-corrected chi connectivity index (χ2v) is 7.26. The Kier molecular flexibility index (Phi) is 6.13. The van der Waals surface area contributed by atoms with Crippen molar-refractivity contribution >= 4 is 34.4 Å². The van der Waals surface area contributed by atoms with Gasteiger partial charge in [-0.2, -0.15) is 0 Å². The van der Waals surface area contributed by atoms with Crippen LogP contribution in [-0.4, -0.2) is 40.8 Å². The van der Waals surface area contributed by atoms with Gasteiger partial charge in [-0.1, -0.05) is 42.1 Å². The summed E-state index contributed by atoms with van der Waals surface area (Å²) in [4.78, 5) is 30.5. The van der Waals surface area contributed by atoms with Crippen LogP contribution in [0.4, 0.5) is 5.69 Å². The average molecular weight is 383 g/mol. The van der Waals surface area contributed by atoms with E-state index in [1.54, 1.807) is 12.0 Å². The largest absolute Gasteiger partial charge is 0.497 e. The zero-order valence-corrected chi connectivity index (χ0v) is 15.8. The van der Waals surface area contributed by atoms with Crippen molar-refractivity contribution in [3.05, 3.63) is 60.2 Å². The minimum absolute atomic E-state index is 0.0937. The Labute approximate surface area is 162 Å². The van der Waals surface area contributed by atoms with Gasteiger partial charge in [0.2, 0.25) is 11.8 Å². The van der Waals surface area contributed by atoms with Crippen LogP contribution >= 0.6 is 11.8 Å². The molecule has 1 atom stereocenters. The minimum atomic E-state index is -0.586. The van der Waals surface area contributed by atoms with Crippen LogP contribution < -0.4 is 10.5 Å². The predicted octanol–water partition coefficient (Wildman–Crippen LogP) is 2.74. The van der Waals surface area contributed by atoms with Gasteiger partial charge in [0.25, 0.3) is 0 Å². The van der Waals surface area contributed by atoms with Crippen LogP contribution in [0, 0.1) is 0 Å². The molecule has 1 aliphatic heterocycles. The molecule has 2 aromatic rings. The van der Waals surface area contributed by atoms with Gasteiger partial charge in [-0.3, -0.25) is 14.5 Å². The SMILES string of the molecule is COc1ccc(CCN2C(=O)C[C@H](C(N)=O)SC2=Nc2ccccc2)cc1. The van der Waals surface area contributed by atoms with E-state index in [2.05, 4.69) is 4.99 Å². The molecule has 1 fully saturated rings. The van der Waals surface area contributed by atoms with Crippen molar-refractivity contribution in [2.75, 3.05) is 13.7 Å². The molecule has 2 amide bonds. The monoisotopic (exact) mass is 383 g/mol. The number of nitrogens with two attached hydrogens (primary N) is 1. The maximum atomic E-state index is 12.6. The van der Waals surface area contributed by atoms with E-state index in [-0.39, 0.29) is 12.3 Å². The number of methoxy groups -OCH3 is 1. The maximum absolute atomic E-state index is 12.6. The van der Waals surface area contributed by atoms with Crippen LogP contribution in [-0.2, 0) is 16.0 Å². The Balaban J connectivity index is 1.79. The van der Waals surface area contributed by atoms with Crippen LogP contribution in [0.3, 0.4) is 0 Å². The Morgan fingerprint density at radius 2 is 1.93 bits per heavy atom. The van der Waals surface area contributed by atoms with E-state index in [4.69, 9.17) is 10.5 Å². The number of amidine groups is 1. The maximum Gasteiger partial charge on any atom is 0.231 e. The summed E-state index contributed by atoms with van der Waals surface area (Å²) in [5.74, 6) is 0.156. The molecule has 0 radical (unpaired) electrons. The number of ether oxygens (including phenoxy) is 1. The summed E-state index contributed by atoms with van der Waals surface area (Å²) < 4.78 is 5.17. The summed E-state index contributed by atoms with van der Waals surface area (Å²) in [5.41, 5.74) is 7.24. The summed E-state index contributed by atoms with van der Waals surface area (Å²) in [5, 5.41) is -0.0769. The van der Waals surface area contributed by atoms with Crippen LogP contribution in [0.5, 0.6) is 5.75 Å². The van der Waals surface area contributed by atoms with Crippen LogP contribution in [0.1, 0.15) is 12.0 Å². The molecule has 140 valence electrons. The quantitative estimate of drug-likeness (QED) is 0.831. The summed E-state index contributed by atoms with van der Waals surface area (Å²) in [6.45, 7) is 0.481. The number of carbonyl (C=O) groups excluding carboxylic acids is 2. The number of aliphatic imine (C=N–C) groups is 1. The third kappa shape index (κ3) is 4.89. The van der Waals surface area contributed by atoms with E-state index in [1.807, 2.05) is 54.6 Å². The second kappa shape index (κ2) is 8.73. The van der Waals surface area contributed by atoms with Gasteiger partial charge in [-0.15, -0.1) is 0 Å². The van der Waals surface area contributed by atoms with Gasteiger partial charge in [0.15, 0.2) is 5.17 Å². The molecular formula is C20H21N3O3S. The first-order chi connectivity index (χ1) is 13.1. The molecule has 0 saturated carbocycles. The van der Waals surface area contributed by atoms with Crippen molar-refractivity contribution in [2.24, 2.45) is 10.7 Å². The van der Waals surface area contributed by atoms with Crippen molar-refractivity contribution in [3.63, 3.8) is 0 Å². The fourth-order valence-electron chi connectivity index (χ4n) is 2.72. The fourth-order valence-corrected chi connectivity index (χ4v) is 3.79. The van der Waals surface area contributed by atoms with Crippen LogP contribution in [0.15, 0.2) is 59.6 Å². The van der Waals surface area contributed by atoms with Crippen molar-refractivity contribution in [1.29, 1.82) is 0 Å². The minimum Gasteiger partial charge on any atom is -0.497 e. The van der Waals surface area contributed by atoms with Gasteiger partial charge < -0.3 is 10.5 Å². The first-order valence-electron chi connectivity index (χ1n) is 8.60. The molecule has 1 saturated heterocycles. The number of amides is 2. The van der Waals surface area contributed by atoms with E-state index < -0.39 is 11.2 Å². The molecule has 2 aromatic carbocycles. The molecule has 7 heteroatoms. The highest BCUT2D eigenvalue weighted by Crippen LogP contribution is 2.29. The first-order valence-corrected chi connectivity index (χ1v) is 9.48. The lowest BCUT2D eigenvalue weighted by molar-refractivity contribution is -0.129. The van der Waals surface area contributed by atoms with Crippen molar-refractivity contribution < 1.29 is 14.3 Å². The third-order valence-corrected chi connectivity index (χ3v) is 5.43. The number of nitrogens with zero attached hydrogens (tertiary/aromatic N) is 2. The molecule has 27 heavy (non-hydrogen) atoms. The number of carbonyl (C=O) groups is 2. The molecular weight excluding hydrogens is 362 g/mol. The fraction of sp³-hybridized carbons (Fsp3) is 0.250. The summed E-state index contributed by atoms with van der Waals surface area (Å²) in [6.07, 6.45) is 0.766. The lowest BCUT2D eigenvalue weighted by Crippen LogP contribution is -2.46. The van der Waals surface area contributed by atoms with E-state index in [0.29, 0.717) is 18.1 Å². The highest BCUT2D eigenvalue weighted by molar-refractivity contribution is 8.15. The van der Waals surface area contributed by atoms with Gasteiger partial charge >= 0.3 is 0 Å². The van der Waals surface area contributed by atoms with Gasteiger partial charge in [0.05, 0.1) is 18.0 Å². The summed E-state index contributed by atoms with van der Waals surface area (Å²) >= 11 is 1.25. The van der Waals surface area contributed by atoms with Crippen LogP contribution in [0.2, 0.25) is 0 Å². The molecule has 0 aliphatic carbocycles. The van der Waals surface area contributed by atoms with Gasteiger partial charge in [-0.05, 0) is 36.2 Å². The molecule has 0 unspecified atom stereocenters. The van der Waals surface area contributed by atoms with E-state index in [1.165, 1.54) is 11.8 Å². The van der Waals surface area contributed by atoms with Crippen molar-refractivity contribution in [2.45, 2.75) is 18.1 Å². The number of hydrogen-bond acceptors (Lipinski definition) is 5. The van der Waals surface area contributed by atoms with E-state index in [0.717, 1.165) is 17.0 Å². The second-order valence-electron chi connectivity index (χ2n) is 6.09. The number of hydrogen-bond donors (Lipinski definition) is 1. The molecule has 3 rings (SSSR count). The first kappa shape index (κ1) is 19.0. The number of benzene rings is 2. The zero-order chi connectivity index (χ0) is 19.2. The number of thioether (sulfide) groups is 1. The smallest absolute Gasteiger partial charge is 0.231 e. The molecule has 0 aromatic heterocycles. The Hall–Kier alpha value is -2.80. The highest BCUT2D eigenvalue weighted by atomic mass is 32.2. The molecule has 1 heterocycles. The number of primary amides is 1. The number of rotatable bonds is 6. The van der Waals surface area contributed by atoms with Gasteiger partial charge in [0, 0.05) is 13.0 Å². The van der Waals surface area contributed by atoms with Gasteiger partial charge in [0.1, 0.15) is 5.75 Å². The standard InChI is InChI=1S/C20H21N3O3S/c1-26-16-9-7-14(8-10-16)11-12-23-18(24)13-17(19(21)25)27-20(23)22-15-5-3-2-4-6-15/h2-10,17H,11-13H2,1H3,(H2,21,25)/t17-/m1/s1.